The summed E-state index contributed by atoms with van der Waals surface area (Å²) in [5.74, 6) is -0.273. The van der Waals surface area contributed by atoms with Crippen molar-refractivity contribution in [3.05, 3.63) is 48.0 Å². The number of carbonyl (C=O) groups is 2. The average molecular weight is 368 g/mol. The van der Waals surface area contributed by atoms with Gasteiger partial charge in [0.25, 0.3) is 5.91 Å². The molecular formula is C16H17FN2O3S2. The van der Waals surface area contributed by atoms with Crippen LogP contribution in [-0.4, -0.2) is 40.0 Å². The molecule has 3 N–H and O–H groups in total. The third-order valence-electron chi connectivity index (χ3n) is 3.11. The first kappa shape index (κ1) is 18.4. The Labute approximate surface area is 146 Å². The Hall–Kier alpha value is -1.93. The van der Waals surface area contributed by atoms with Crippen molar-refractivity contribution in [2.75, 3.05) is 18.1 Å². The lowest BCUT2D eigenvalue weighted by Crippen LogP contribution is -2.25. The first-order valence-corrected chi connectivity index (χ1v) is 9.74. The molecule has 0 aliphatic rings. The monoisotopic (exact) mass is 368 g/mol. The lowest BCUT2D eigenvalue weighted by molar-refractivity contribution is -0.136. The summed E-state index contributed by atoms with van der Waals surface area (Å²) >= 11 is 0. The summed E-state index contributed by atoms with van der Waals surface area (Å²) in [6, 6.07) is 6.31. The zero-order valence-electron chi connectivity index (χ0n) is 12.8. The largest absolute Gasteiger partial charge is 0.481 e. The van der Waals surface area contributed by atoms with Crippen molar-refractivity contribution in [3.63, 3.8) is 0 Å². The Bertz CT molecular complexity index is 706. The number of nitrogens with one attached hydrogen (secondary N) is 2. The van der Waals surface area contributed by atoms with E-state index in [4.69, 9.17) is 5.11 Å². The lowest BCUT2D eigenvalue weighted by atomic mass is 10.0. The molecule has 1 amide bonds. The number of hydrogen-bond acceptors (Lipinski definition) is 4. The molecule has 2 aromatic rings. The van der Waals surface area contributed by atoms with Crippen molar-refractivity contribution in [1.29, 1.82) is 0 Å². The van der Waals surface area contributed by atoms with E-state index >= 15 is 0 Å². The molecule has 24 heavy (non-hydrogen) atoms. The van der Waals surface area contributed by atoms with Crippen LogP contribution in [-0.2, 0) is 4.79 Å². The summed E-state index contributed by atoms with van der Waals surface area (Å²) in [6.45, 7) is 0.450. The third kappa shape index (κ3) is 5.31. The molecule has 1 heterocycles. The number of aromatic amines is 1. The number of halogens is 1. The SMILES string of the molecule is O=C(O)CCSSCCNC(=O)c1c[nH]cc1-c1ccccc1F. The Balaban J connectivity index is 1.83. The number of aromatic nitrogens is 1. The fourth-order valence-electron chi connectivity index (χ4n) is 2.00. The van der Waals surface area contributed by atoms with E-state index in [1.54, 1.807) is 30.6 Å². The van der Waals surface area contributed by atoms with Gasteiger partial charge >= 0.3 is 5.97 Å². The van der Waals surface area contributed by atoms with Crippen molar-refractivity contribution in [2.45, 2.75) is 6.42 Å². The van der Waals surface area contributed by atoms with Crippen molar-refractivity contribution >= 4 is 33.5 Å². The molecule has 0 saturated carbocycles. The number of carboxylic acids is 1. The van der Waals surface area contributed by atoms with E-state index in [0.29, 0.717) is 34.7 Å². The van der Waals surface area contributed by atoms with Gasteiger partial charge in [0.15, 0.2) is 0 Å². The van der Waals surface area contributed by atoms with E-state index < -0.39 is 5.97 Å². The van der Waals surface area contributed by atoms with E-state index in [-0.39, 0.29) is 18.1 Å². The highest BCUT2D eigenvalue weighted by atomic mass is 33.1. The van der Waals surface area contributed by atoms with E-state index in [9.17, 15) is 14.0 Å². The predicted octanol–water partition coefficient (Wildman–Crippen LogP) is 3.41. The molecule has 0 unspecified atom stereocenters. The van der Waals surface area contributed by atoms with Gasteiger partial charge in [-0.2, -0.15) is 0 Å². The molecule has 1 aromatic carbocycles. The minimum atomic E-state index is -0.815. The zero-order valence-corrected chi connectivity index (χ0v) is 14.4. The van der Waals surface area contributed by atoms with Crippen molar-refractivity contribution in [2.24, 2.45) is 0 Å². The van der Waals surface area contributed by atoms with Gasteiger partial charge in [-0.3, -0.25) is 9.59 Å². The van der Waals surface area contributed by atoms with E-state index in [1.165, 1.54) is 27.7 Å². The summed E-state index contributed by atoms with van der Waals surface area (Å²) < 4.78 is 13.9. The molecule has 5 nitrogen and oxygen atoms in total. The normalized spacial score (nSPS) is 10.5. The number of carboxylic acid groups (broad SMARTS) is 1. The molecular weight excluding hydrogens is 351 g/mol. The highest BCUT2D eigenvalue weighted by Crippen LogP contribution is 2.26. The standard InChI is InChI=1S/C16H17FN2O3S2/c17-14-4-2-1-3-11(14)12-9-18-10-13(12)16(22)19-6-8-24-23-7-5-15(20)21/h1-4,9-10,18H,5-8H2,(H,19,22)(H,20,21). The summed E-state index contributed by atoms with van der Waals surface area (Å²) in [7, 11) is 2.97. The topological polar surface area (TPSA) is 82.2 Å². The fourth-order valence-corrected chi connectivity index (χ4v) is 3.89. The molecule has 0 saturated heterocycles. The van der Waals surface area contributed by atoms with Crippen LogP contribution in [0.2, 0.25) is 0 Å². The van der Waals surface area contributed by atoms with Gasteiger partial charge in [0.05, 0.1) is 12.0 Å². The maximum atomic E-state index is 13.9. The molecule has 0 fully saturated rings. The first-order chi connectivity index (χ1) is 11.6. The first-order valence-electron chi connectivity index (χ1n) is 7.25. The van der Waals surface area contributed by atoms with Gasteiger partial charge in [0.2, 0.25) is 0 Å². The molecule has 128 valence electrons. The summed E-state index contributed by atoms with van der Waals surface area (Å²) in [5, 5.41) is 11.3. The van der Waals surface area contributed by atoms with Crippen LogP contribution in [0.1, 0.15) is 16.8 Å². The molecule has 0 aliphatic heterocycles. The fraction of sp³-hybridized carbons (Fsp3) is 0.250. The van der Waals surface area contributed by atoms with Gasteiger partial charge in [-0.15, -0.1) is 0 Å². The molecule has 0 spiro atoms. The quantitative estimate of drug-likeness (QED) is 0.467. The number of carbonyl (C=O) groups excluding carboxylic acids is 1. The second-order valence-corrected chi connectivity index (χ2v) is 7.51. The van der Waals surface area contributed by atoms with Crippen LogP contribution in [0.3, 0.4) is 0 Å². The van der Waals surface area contributed by atoms with Crippen LogP contribution in [0.25, 0.3) is 11.1 Å². The van der Waals surface area contributed by atoms with Crippen LogP contribution in [0.5, 0.6) is 0 Å². The molecule has 8 heteroatoms. The van der Waals surface area contributed by atoms with Crippen LogP contribution < -0.4 is 5.32 Å². The molecule has 1 aromatic heterocycles. The highest BCUT2D eigenvalue weighted by molar-refractivity contribution is 8.76. The van der Waals surface area contributed by atoms with Crippen molar-refractivity contribution in [3.8, 4) is 11.1 Å². The maximum absolute atomic E-state index is 13.9. The molecule has 0 bridgehead atoms. The van der Waals surface area contributed by atoms with Gasteiger partial charge in [0, 0.05) is 41.6 Å². The molecule has 0 atom stereocenters. The Morgan fingerprint density at radius 3 is 2.62 bits per heavy atom. The molecule has 0 aliphatic carbocycles. The Morgan fingerprint density at radius 2 is 1.88 bits per heavy atom. The lowest BCUT2D eigenvalue weighted by Gasteiger charge is -2.07. The second-order valence-electron chi connectivity index (χ2n) is 4.81. The Morgan fingerprint density at radius 1 is 1.12 bits per heavy atom. The number of amides is 1. The van der Waals surface area contributed by atoms with Crippen LogP contribution in [0.4, 0.5) is 4.39 Å². The van der Waals surface area contributed by atoms with Gasteiger partial charge in [0.1, 0.15) is 5.82 Å². The van der Waals surface area contributed by atoms with Gasteiger partial charge in [-0.1, -0.05) is 39.8 Å². The van der Waals surface area contributed by atoms with Crippen molar-refractivity contribution < 1.29 is 19.1 Å². The molecule has 2 rings (SSSR count). The zero-order chi connectivity index (χ0) is 17.4. The van der Waals surface area contributed by atoms with E-state index in [1.807, 2.05) is 0 Å². The number of aliphatic carboxylic acids is 1. The third-order valence-corrected chi connectivity index (χ3v) is 5.52. The highest BCUT2D eigenvalue weighted by Gasteiger charge is 2.15. The maximum Gasteiger partial charge on any atom is 0.304 e. The van der Waals surface area contributed by atoms with E-state index in [2.05, 4.69) is 10.3 Å². The number of hydrogen-bond donors (Lipinski definition) is 3. The number of H-pyrrole nitrogens is 1. The summed E-state index contributed by atoms with van der Waals surface area (Å²) in [5.41, 5.74) is 1.29. The van der Waals surface area contributed by atoms with Crippen LogP contribution >= 0.6 is 21.6 Å². The number of rotatable bonds is 9. The van der Waals surface area contributed by atoms with Crippen molar-refractivity contribution in [1.82, 2.24) is 10.3 Å². The minimum Gasteiger partial charge on any atom is -0.481 e. The van der Waals surface area contributed by atoms with Gasteiger partial charge < -0.3 is 15.4 Å². The predicted molar refractivity (Wildman–Crippen MR) is 95.7 cm³/mol. The van der Waals surface area contributed by atoms with Gasteiger partial charge in [-0.05, 0) is 6.07 Å². The molecule has 0 radical (unpaired) electrons. The average Bonchev–Trinajstić information content (AvgIpc) is 3.03. The van der Waals surface area contributed by atoms with E-state index in [0.717, 1.165) is 0 Å². The van der Waals surface area contributed by atoms with Crippen LogP contribution in [0.15, 0.2) is 36.7 Å². The smallest absolute Gasteiger partial charge is 0.304 e. The number of benzene rings is 1. The van der Waals surface area contributed by atoms with Gasteiger partial charge in [-0.25, -0.2) is 4.39 Å². The Kier molecular flexibility index (Phi) is 7.20. The summed E-state index contributed by atoms with van der Waals surface area (Å²) in [6.07, 6.45) is 3.27. The van der Waals surface area contributed by atoms with Crippen LogP contribution in [0, 0.1) is 5.82 Å². The second kappa shape index (κ2) is 9.39. The summed E-state index contributed by atoms with van der Waals surface area (Å²) in [4.78, 5) is 25.5. The minimum absolute atomic E-state index is 0.124.